The molecule has 4 heteroatoms. The highest BCUT2D eigenvalue weighted by Crippen LogP contribution is 2.36. The smallest absolute Gasteiger partial charge is 0.246 e. The van der Waals surface area contributed by atoms with Crippen molar-refractivity contribution in [1.82, 2.24) is 4.90 Å². The fraction of sp³-hybridized carbons (Fsp3) is 0.923. The maximum absolute atomic E-state index is 11.9. The van der Waals surface area contributed by atoms with Gasteiger partial charge in [-0.2, -0.15) is 0 Å². The molecule has 0 aromatic rings. The normalized spacial score (nSPS) is 17.1. The summed E-state index contributed by atoms with van der Waals surface area (Å²) < 4.78 is 5.93. The van der Waals surface area contributed by atoms with E-state index in [-0.39, 0.29) is 17.6 Å². The summed E-state index contributed by atoms with van der Waals surface area (Å²) in [5, 5.41) is 0.169. The average Bonchev–Trinajstić information content (AvgIpc) is 2.96. The lowest BCUT2D eigenvalue weighted by Crippen LogP contribution is -2.44. The number of hydrogen-bond acceptors (Lipinski definition) is 2. The molecule has 17 heavy (non-hydrogen) atoms. The summed E-state index contributed by atoms with van der Waals surface area (Å²) >= 11 is 0. The van der Waals surface area contributed by atoms with Crippen molar-refractivity contribution in [2.45, 2.75) is 51.7 Å². The second-order valence-corrected chi connectivity index (χ2v) is 11.6. The molecule has 0 atom stereocenters. The molecule has 1 rings (SSSR count). The highest BCUT2D eigenvalue weighted by atomic mass is 28.4. The summed E-state index contributed by atoms with van der Waals surface area (Å²) in [4.78, 5) is 13.7. The molecule has 0 aliphatic heterocycles. The summed E-state index contributed by atoms with van der Waals surface area (Å²) in [7, 11) is 0.0992. The van der Waals surface area contributed by atoms with Crippen LogP contribution in [-0.2, 0) is 9.22 Å². The van der Waals surface area contributed by atoms with Crippen molar-refractivity contribution in [3.63, 3.8) is 0 Å². The summed E-state index contributed by atoms with van der Waals surface area (Å²) in [6.45, 7) is 12.1. The van der Waals surface area contributed by atoms with Crippen molar-refractivity contribution in [3.05, 3.63) is 0 Å². The molecule has 1 saturated carbocycles. The van der Waals surface area contributed by atoms with Crippen molar-refractivity contribution in [2.24, 2.45) is 5.92 Å². The molecular weight excluding hydrogens is 230 g/mol. The van der Waals surface area contributed by atoms with Gasteiger partial charge < -0.3 is 9.33 Å². The summed E-state index contributed by atoms with van der Waals surface area (Å²) in [6, 6.07) is 0. The van der Waals surface area contributed by atoms with Gasteiger partial charge in [0.15, 0.2) is 8.32 Å². The largest absolute Gasteiger partial charge is 0.408 e. The number of nitrogens with zero attached hydrogens (tertiary/aromatic N) is 1. The third kappa shape index (κ3) is 4.43. The molecule has 0 spiro atoms. The summed E-state index contributed by atoms with van der Waals surface area (Å²) in [6.07, 6.45) is 2.56. The van der Waals surface area contributed by atoms with Gasteiger partial charge in [0, 0.05) is 13.6 Å². The zero-order valence-corrected chi connectivity index (χ0v) is 13.2. The Morgan fingerprint density at radius 1 is 1.35 bits per heavy atom. The minimum absolute atomic E-state index is 0.127. The maximum Gasteiger partial charge on any atom is 0.246 e. The van der Waals surface area contributed by atoms with Crippen molar-refractivity contribution in [2.75, 3.05) is 20.2 Å². The molecule has 0 heterocycles. The summed E-state index contributed by atoms with van der Waals surface area (Å²) in [5.74, 6) is 0.874. The second kappa shape index (κ2) is 5.10. The Kier molecular flexibility index (Phi) is 4.41. The van der Waals surface area contributed by atoms with E-state index in [2.05, 4.69) is 33.9 Å². The number of likely N-dealkylation sites (N-methyl/N-ethyl adjacent to an activating group) is 1. The minimum atomic E-state index is -1.79. The van der Waals surface area contributed by atoms with Crippen LogP contribution in [0.4, 0.5) is 0 Å². The van der Waals surface area contributed by atoms with E-state index in [9.17, 15) is 4.79 Å². The van der Waals surface area contributed by atoms with Crippen LogP contribution in [-0.4, -0.2) is 39.3 Å². The van der Waals surface area contributed by atoms with Crippen molar-refractivity contribution in [3.8, 4) is 0 Å². The Morgan fingerprint density at radius 3 is 2.29 bits per heavy atom. The van der Waals surface area contributed by atoms with Crippen LogP contribution in [0.25, 0.3) is 0 Å². The Labute approximate surface area is 107 Å². The third-order valence-corrected chi connectivity index (χ3v) is 8.50. The topological polar surface area (TPSA) is 29.5 Å². The Bertz CT molecular complexity index is 280. The van der Waals surface area contributed by atoms with Gasteiger partial charge >= 0.3 is 0 Å². The molecule has 0 radical (unpaired) electrons. The maximum atomic E-state index is 11.9. The molecule has 0 N–H and O–H groups in total. The molecule has 0 aromatic carbocycles. The minimum Gasteiger partial charge on any atom is -0.408 e. The van der Waals surface area contributed by atoms with Gasteiger partial charge in [-0.05, 0) is 36.9 Å². The van der Waals surface area contributed by atoms with Gasteiger partial charge in [-0.15, -0.1) is 0 Å². The van der Waals surface area contributed by atoms with E-state index in [1.165, 1.54) is 12.8 Å². The van der Waals surface area contributed by atoms with Crippen LogP contribution in [0, 0.1) is 5.92 Å². The molecule has 3 nitrogen and oxygen atoms in total. The Hall–Kier alpha value is -0.353. The second-order valence-electron chi connectivity index (χ2n) is 6.77. The van der Waals surface area contributed by atoms with Crippen LogP contribution < -0.4 is 0 Å². The first-order valence-corrected chi connectivity index (χ1v) is 9.42. The van der Waals surface area contributed by atoms with Crippen LogP contribution in [0.3, 0.4) is 0 Å². The van der Waals surface area contributed by atoms with Gasteiger partial charge in [0.1, 0.15) is 6.61 Å². The molecule has 1 fully saturated rings. The fourth-order valence-corrected chi connectivity index (χ4v) is 2.28. The quantitative estimate of drug-likeness (QED) is 0.709. The zero-order chi connectivity index (χ0) is 13.3. The van der Waals surface area contributed by atoms with Crippen molar-refractivity contribution in [1.29, 1.82) is 0 Å². The zero-order valence-electron chi connectivity index (χ0n) is 12.2. The first-order valence-electron chi connectivity index (χ1n) is 6.51. The van der Waals surface area contributed by atoms with Crippen LogP contribution in [0.2, 0.25) is 18.1 Å². The van der Waals surface area contributed by atoms with E-state index < -0.39 is 8.32 Å². The highest BCUT2D eigenvalue weighted by Gasteiger charge is 2.37. The van der Waals surface area contributed by atoms with Gasteiger partial charge in [0.05, 0.1) is 0 Å². The van der Waals surface area contributed by atoms with Crippen LogP contribution in [0.15, 0.2) is 0 Å². The summed E-state index contributed by atoms with van der Waals surface area (Å²) in [5.41, 5.74) is 0. The lowest BCUT2D eigenvalue weighted by atomic mass is 10.2. The molecule has 1 aliphatic rings. The molecule has 0 unspecified atom stereocenters. The lowest BCUT2D eigenvalue weighted by Gasteiger charge is -2.36. The number of carbonyl (C=O) groups is 1. The predicted molar refractivity (Wildman–Crippen MR) is 73.5 cm³/mol. The number of amides is 1. The third-order valence-electron chi connectivity index (χ3n) is 4.02. The van der Waals surface area contributed by atoms with Crippen LogP contribution in [0.1, 0.15) is 33.6 Å². The standard InChI is InChI=1S/C13H27NO2Si/c1-13(2,3)17(5,6)16-10-12(15)14(4)9-11-7-8-11/h11H,7-10H2,1-6H3. The average molecular weight is 257 g/mol. The molecule has 1 aliphatic carbocycles. The monoisotopic (exact) mass is 257 g/mol. The predicted octanol–water partition coefficient (Wildman–Crippen LogP) is 2.88. The van der Waals surface area contributed by atoms with Gasteiger partial charge in [-0.1, -0.05) is 20.8 Å². The molecule has 100 valence electrons. The Balaban J connectivity index is 2.36. The van der Waals surface area contributed by atoms with Gasteiger partial charge in [-0.3, -0.25) is 4.79 Å². The first-order chi connectivity index (χ1) is 7.63. The van der Waals surface area contributed by atoms with Gasteiger partial charge in [0.2, 0.25) is 5.91 Å². The van der Waals surface area contributed by atoms with Crippen molar-refractivity contribution >= 4 is 14.2 Å². The van der Waals surface area contributed by atoms with E-state index in [0.717, 1.165) is 12.5 Å². The van der Waals surface area contributed by atoms with E-state index >= 15 is 0 Å². The van der Waals surface area contributed by atoms with Crippen LogP contribution in [0.5, 0.6) is 0 Å². The first kappa shape index (κ1) is 14.7. The Morgan fingerprint density at radius 2 is 1.88 bits per heavy atom. The van der Waals surface area contributed by atoms with E-state index in [0.29, 0.717) is 0 Å². The molecule has 0 saturated heterocycles. The van der Waals surface area contributed by atoms with E-state index in [1.807, 2.05) is 11.9 Å². The highest BCUT2D eigenvalue weighted by molar-refractivity contribution is 6.74. The van der Waals surface area contributed by atoms with E-state index in [4.69, 9.17) is 4.43 Å². The molecule has 0 aromatic heterocycles. The number of rotatable bonds is 5. The number of carbonyl (C=O) groups excluding carboxylic acids is 1. The molecular formula is C13H27NO2Si. The molecule has 1 amide bonds. The van der Waals surface area contributed by atoms with E-state index in [1.54, 1.807) is 0 Å². The lowest BCUT2D eigenvalue weighted by molar-refractivity contribution is -0.132. The SMILES string of the molecule is CN(CC1CC1)C(=O)CO[Si](C)(C)C(C)(C)C. The van der Waals surface area contributed by atoms with Crippen LogP contribution >= 0.6 is 0 Å². The van der Waals surface area contributed by atoms with Gasteiger partial charge in [-0.25, -0.2) is 0 Å². The number of hydrogen-bond donors (Lipinski definition) is 0. The fourth-order valence-electron chi connectivity index (χ4n) is 1.36. The van der Waals surface area contributed by atoms with Gasteiger partial charge in [0.25, 0.3) is 0 Å². The molecule has 0 bridgehead atoms. The van der Waals surface area contributed by atoms with Crippen molar-refractivity contribution < 1.29 is 9.22 Å².